The van der Waals surface area contributed by atoms with Crippen LogP contribution in [0.3, 0.4) is 0 Å². The van der Waals surface area contributed by atoms with Gasteiger partial charge in [0.1, 0.15) is 5.82 Å². The van der Waals surface area contributed by atoms with Gasteiger partial charge in [0.2, 0.25) is 11.8 Å². The molecule has 126 valence electrons. The minimum Gasteiger partial charge on any atom is -0.325 e. The minimum absolute atomic E-state index is 0.0519. The van der Waals surface area contributed by atoms with Gasteiger partial charge in [0, 0.05) is 10.7 Å². The molecule has 2 aromatic rings. The van der Waals surface area contributed by atoms with Crippen molar-refractivity contribution in [1.29, 1.82) is 0 Å². The fourth-order valence-corrected chi connectivity index (χ4v) is 2.71. The Morgan fingerprint density at radius 1 is 1.00 bits per heavy atom. The van der Waals surface area contributed by atoms with Crippen LogP contribution in [-0.4, -0.2) is 23.3 Å². The number of anilines is 2. The molecule has 2 rings (SSSR count). The van der Waals surface area contributed by atoms with Crippen LogP contribution in [0.5, 0.6) is 0 Å². The molecule has 0 fully saturated rings. The molecular formula is C17H16ClFN2O2S. The van der Waals surface area contributed by atoms with E-state index in [1.54, 1.807) is 30.3 Å². The molecule has 0 aliphatic carbocycles. The Hall–Kier alpha value is -2.05. The first kappa shape index (κ1) is 18.3. The molecule has 0 atom stereocenters. The maximum absolute atomic E-state index is 13.4. The molecule has 2 aromatic carbocycles. The van der Waals surface area contributed by atoms with Gasteiger partial charge in [-0.2, -0.15) is 0 Å². The molecule has 0 aromatic heterocycles. The highest BCUT2D eigenvalue weighted by Crippen LogP contribution is 2.23. The summed E-state index contributed by atoms with van der Waals surface area (Å²) in [5, 5.41) is 5.79. The number of carbonyl (C=O) groups excluding carboxylic acids is 2. The number of thioether (sulfide) groups is 1. The third kappa shape index (κ3) is 5.25. The standard InChI is InChI=1S/C17H16ClFN2O2S/c1-11-12(18)5-4-8-14(11)20-16(22)9-24-10-17(23)21-15-7-3-2-6-13(15)19/h2-8H,9-10H2,1H3,(H,20,22)(H,21,23). The number of nitrogens with one attached hydrogen (secondary N) is 2. The van der Waals surface area contributed by atoms with Crippen molar-refractivity contribution in [2.75, 3.05) is 22.1 Å². The summed E-state index contributed by atoms with van der Waals surface area (Å²) in [6.45, 7) is 1.81. The van der Waals surface area contributed by atoms with Crippen molar-refractivity contribution in [1.82, 2.24) is 0 Å². The molecule has 4 nitrogen and oxygen atoms in total. The number of hydrogen-bond acceptors (Lipinski definition) is 3. The van der Waals surface area contributed by atoms with Crippen molar-refractivity contribution in [3.63, 3.8) is 0 Å². The average Bonchev–Trinajstić information content (AvgIpc) is 2.54. The summed E-state index contributed by atoms with van der Waals surface area (Å²) >= 11 is 7.14. The third-order valence-electron chi connectivity index (χ3n) is 3.16. The summed E-state index contributed by atoms with van der Waals surface area (Å²) in [5.74, 6) is -0.932. The largest absolute Gasteiger partial charge is 0.325 e. The number of benzene rings is 2. The number of carbonyl (C=O) groups is 2. The van der Waals surface area contributed by atoms with Crippen LogP contribution in [0.25, 0.3) is 0 Å². The highest BCUT2D eigenvalue weighted by atomic mass is 35.5. The molecular weight excluding hydrogens is 351 g/mol. The summed E-state index contributed by atoms with van der Waals surface area (Å²) in [7, 11) is 0. The maximum Gasteiger partial charge on any atom is 0.234 e. The predicted molar refractivity (Wildman–Crippen MR) is 97.2 cm³/mol. The van der Waals surface area contributed by atoms with E-state index in [-0.39, 0.29) is 29.0 Å². The minimum atomic E-state index is -0.495. The van der Waals surface area contributed by atoms with Gasteiger partial charge in [0.05, 0.1) is 17.2 Å². The van der Waals surface area contributed by atoms with E-state index >= 15 is 0 Å². The Morgan fingerprint density at radius 2 is 1.58 bits per heavy atom. The van der Waals surface area contributed by atoms with E-state index in [0.29, 0.717) is 10.7 Å². The molecule has 0 radical (unpaired) electrons. The lowest BCUT2D eigenvalue weighted by Gasteiger charge is -2.09. The van der Waals surface area contributed by atoms with Gasteiger partial charge < -0.3 is 10.6 Å². The lowest BCUT2D eigenvalue weighted by atomic mass is 10.2. The van der Waals surface area contributed by atoms with Gasteiger partial charge >= 0.3 is 0 Å². The molecule has 0 aliphatic heterocycles. The Kier molecular flexibility index (Phi) is 6.63. The zero-order valence-electron chi connectivity index (χ0n) is 12.9. The van der Waals surface area contributed by atoms with Crippen molar-refractivity contribution in [2.24, 2.45) is 0 Å². The van der Waals surface area contributed by atoms with E-state index in [0.717, 1.165) is 17.3 Å². The van der Waals surface area contributed by atoms with E-state index in [9.17, 15) is 14.0 Å². The predicted octanol–water partition coefficient (Wildman–Crippen LogP) is 4.10. The van der Waals surface area contributed by atoms with Crippen molar-refractivity contribution < 1.29 is 14.0 Å². The third-order valence-corrected chi connectivity index (χ3v) is 4.50. The van der Waals surface area contributed by atoms with Gasteiger partial charge in [-0.15, -0.1) is 11.8 Å². The van der Waals surface area contributed by atoms with Crippen LogP contribution in [0.1, 0.15) is 5.56 Å². The highest BCUT2D eigenvalue weighted by Gasteiger charge is 2.10. The zero-order valence-corrected chi connectivity index (χ0v) is 14.5. The van der Waals surface area contributed by atoms with Crippen molar-refractivity contribution in [2.45, 2.75) is 6.92 Å². The van der Waals surface area contributed by atoms with E-state index < -0.39 is 5.82 Å². The normalized spacial score (nSPS) is 10.3. The average molecular weight is 367 g/mol. The smallest absolute Gasteiger partial charge is 0.234 e. The molecule has 0 spiro atoms. The zero-order chi connectivity index (χ0) is 17.5. The Balaban J connectivity index is 1.77. The molecule has 7 heteroatoms. The molecule has 0 aliphatic rings. The Labute approximate surface area is 148 Å². The number of hydrogen-bond donors (Lipinski definition) is 2. The Morgan fingerprint density at radius 3 is 2.25 bits per heavy atom. The van der Waals surface area contributed by atoms with E-state index in [2.05, 4.69) is 10.6 Å². The molecule has 0 unspecified atom stereocenters. The molecule has 0 saturated carbocycles. The monoisotopic (exact) mass is 366 g/mol. The quantitative estimate of drug-likeness (QED) is 0.809. The van der Waals surface area contributed by atoms with Crippen molar-refractivity contribution >= 4 is 46.6 Å². The number of halogens is 2. The SMILES string of the molecule is Cc1c(Cl)cccc1NC(=O)CSCC(=O)Nc1ccccc1F. The summed E-state index contributed by atoms with van der Waals surface area (Å²) in [6.07, 6.45) is 0. The lowest BCUT2D eigenvalue weighted by molar-refractivity contribution is -0.114. The van der Waals surface area contributed by atoms with Crippen LogP contribution in [-0.2, 0) is 9.59 Å². The number of para-hydroxylation sites is 1. The van der Waals surface area contributed by atoms with Gasteiger partial charge in [0.15, 0.2) is 0 Å². The fraction of sp³-hybridized carbons (Fsp3) is 0.176. The van der Waals surface area contributed by atoms with Gasteiger partial charge in [-0.05, 0) is 36.8 Å². The highest BCUT2D eigenvalue weighted by molar-refractivity contribution is 8.00. The maximum atomic E-state index is 13.4. The van der Waals surface area contributed by atoms with Crippen LogP contribution >= 0.6 is 23.4 Å². The first-order valence-corrected chi connectivity index (χ1v) is 8.67. The molecule has 2 N–H and O–H groups in total. The number of amides is 2. The second-order valence-electron chi connectivity index (χ2n) is 4.98. The van der Waals surface area contributed by atoms with Crippen LogP contribution in [0.2, 0.25) is 5.02 Å². The van der Waals surface area contributed by atoms with Crippen molar-refractivity contribution in [3.8, 4) is 0 Å². The van der Waals surface area contributed by atoms with Gasteiger partial charge in [-0.1, -0.05) is 29.8 Å². The number of rotatable bonds is 6. The summed E-state index contributed by atoms with van der Waals surface area (Å²) in [4.78, 5) is 23.7. The lowest BCUT2D eigenvalue weighted by Crippen LogP contribution is -2.19. The second kappa shape index (κ2) is 8.70. The topological polar surface area (TPSA) is 58.2 Å². The molecule has 2 amide bonds. The van der Waals surface area contributed by atoms with Crippen molar-refractivity contribution in [3.05, 3.63) is 58.9 Å². The van der Waals surface area contributed by atoms with Gasteiger partial charge in [-0.3, -0.25) is 9.59 Å². The molecule has 0 heterocycles. The van der Waals surface area contributed by atoms with Crippen LogP contribution in [0.4, 0.5) is 15.8 Å². The second-order valence-corrected chi connectivity index (χ2v) is 6.37. The van der Waals surface area contributed by atoms with E-state index in [4.69, 9.17) is 11.6 Å². The van der Waals surface area contributed by atoms with Crippen LogP contribution in [0, 0.1) is 12.7 Å². The summed E-state index contributed by atoms with van der Waals surface area (Å²) < 4.78 is 13.4. The first-order valence-electron chi connectivity index (χ1n) is 7.14. The molecule has 24 heavy (non-hydrogen) atoms. The van der Waals surface area contributed by atoms with Crippen LogP contribution < -0.4 is 10.6 Å². The van der Waals surface area contributed by atoms with Gasteiger partial charge in [-0.25, -0.2) is 4.39 Å². The Bertz CT molecular complexity index is 755. The summed E-state index contributed by atoms with van der Waals surface area (Å²) in [6, 6.07) is 11.2. The fourth-order valence-electron chi connectivity index (χ4n) is 1.91. The van der Waals surface area contributed by atoms with E-state index in [1.807, 2.05) is 6.92 Å². The first-order chi connectivity index (χ1) is 11.5. The molecule has 0 saturated heterocycles. The molecule has 0 bridgehead atoms. The van der Waals surface area contributed by atoms with Crippen LogP contribution in [0.15, 0.2) is 42.5 Å². The van der Waals surface area contributed by atoms with Gasteiger partial charge in [0.25, 0.3) is 0 Å². The van der Waals surface area contributed by atoms with E-state index in [1.165, 1.54) is 12.1 Å². The summed E-state index contributed by atoms with van der Waals surface area (Å²) in [5.41, 5.74) is 1.56.